The molecule has 0 saturated heterocycles. The smallest absolute Gasteiger partial charge is 0.265 e. The Hall–Kier alpha value is -0.750. The second-order valence-corrected chi connectivity index (χ2v) is 3.68. The average molecular weight is 222 g/mol. The van der Waals surface area contributed by atoms with Crippen LogP contribution in [0.2, 0.25) is 0 Å². The number of nitrogens with zero attached hydrogens (tertiary/aromatic N) is 2. The van der Waals surface area contributed by atoms with Gasteiger partial charge in [-0.1, -0.05) is 11.8 Å². The van der Waals surface area contributed by atoms with Crippen molar-refractivity contribution in [2.75, 3.05) is 11.6 Å². The van der Waals surface area contributed by atoms with Crippen molar-refractivity contribution in [1.29, 1.82) is 0 Å². The Morgan fingerprint density at radius 1 is 1.62 bits per heavy atom. The fraction of sp³-hybridized carbons (Fsp3) is 0.500. The lowest BCUT2D eigenvalue weighted by molar-refractivity contribution is 0.596. The number of hydrogen-bond acceptors (Lipinski definition) is 4. The molecule has 0 aromatic carbocycles. The molecule has 0 fully saturated rings. The maximum absolute atomic E-state index is 10.8. The highest BCUT2D eigenvalue weighted by Gasteiger charge is 2.02. The number of H-pyrrole nitrogens is 1. The molecule has 0 aliphatic carbocycles. The first-order chi connectivity index (χ1) is 6.15. The summed E-state index contributed by atoms with van der Waals surface area (Å²) in [5.74, 6) is 1.12. The molecule has 72 valence electrons. The minimum absolute atomic E-state index is 0.463. The van der Waals surface area contributed by atoms with E-state index in [-0.39, 0.29) is 0 Å². The summed E-state index contributed by atoms with van der Waals surface area (Å²) in [5, 5.41) is 2.80. The number of hydrogen-bond donors (Lipinski definition) is 1. The molecule has 13 heavy (non-hydrogen) atoms. The number of thioether (sulfide) groups is 1. The predicted octanol–water partition coefficient (Wildman–Crippen LogP) is -0.201. The third-order valence-corrected chi connectivity index (χ3v) is 2.70. The summed E-state index contributed by atoms with van der Waals surface area (Å²) in [4.78, 5) is 25.2. The normalized spacial score (nSPS) is 10.3. The zero-order chi connectivity index (χ0) is 9.84. The molecule has 0 unspecified atom stereocenters. The molecule has 0 bridgehead atoms. The zero-order valence-corrected chi connectivity index (χ0v) is 8.48. The third-order valence-electron chi connectivity index (χ3n) is 1.26. The Kier molecular flexibility index (Phi) is 3.56. The molecule has 0 aliphatic heterocycles. The summed E-state index contributed by atoms with van der Waals surface area (Å²) in [7, 11) is 1.62. The van der Waals surface area contributed by atoms with Crippen molar-refractivity contribution in [3.05, 3.63) is 20.7 Å². The molecule has 5 nitrogen and oxygen atoms in total. The quantitative estimate of drug-likeness (QED) is 0.436. The molecule has 1 rings (SSSR count). The Morgan fingerprint density at radius 2 is 2.31 bits per heavy atom. The third kappa shape index (κ3) is 2.60. The highest BCUT2D eigenvalue weighted by molar-refractivity contribution is 7.99. The van der Waals surface area contributed by atoms with Crippen molar-refractivity contribution in [1.82, 2.24) is 14.8 Å². The van der Waals surface area contributed by atoms with Gasteiger partial charge in [-0.25, -0.2) is 0 Å². The van der Waals surface area contributed by atoms with Crippen molar-refractivity contribution in [2.24, 2.45) is 7.05 Å². The average Bonchev–Trinajstić information content (AvgIpc) is 2.09. The van der Waals surface area contributed by atoms with E-state index in [0.717, 1.165) is 0 Å². The minimum Gasteiger partial charge on any atom is -0.265 e. The second-order valence-electron chi connectivity index (χ2n) is 2.24. The van der Waals surface area contributed by atoms with Gasteiger partial charge >= 0.3 is 11.1 Å². The van der Waals surface area contributed by atoms with Crippen molar-refractivity contribution in [2.45, 2.75) is 5.16 Å². The predicted molar refractivity (Wildman–Crippen MR) is 51.5 cm³/mol. The molecule has 1 aromatic heterocycles. The molecule has 0 spiro atoms. The van der Waals surface area contributed by atoms with Gasteiger partial charge in [-0.15, -0.1) is 11.6 Å². The molecular weight excluding hydrogens is 214 g/mol. The molecule has 0 radical (unpaired) electrons. The van der Waals surface area contributed by atoms with E-state index in [1.807, 2.05) is 0 Å². The van der Waals surface area contributed by atoms with Crippen molar-refractivity contribution in [3.8, 4) is 0 Å². The molecule has 0 atom stereocenters. The number of rotatable bonds is 3. The van der Waals surface area contributed by atoms with Crippen LogP contribution in [0, 0.1) is 0 Å². The van der Waals surface area contributed by atoms with E-state index in [0.29, 0.717) is 16.8 Å². The molecule has 0 saturated carbocycles. The van der Waals surface area contributed by atoms with Gasteiger partial charge in [0.1, 0.15) is 0 Å². The van der Waals surface area contributed by atoms with Crippen molar-refractivity contribution >= 4 is 23.4 Å². The van der Waals surface area contributed by atoms with E-state index < -0.39 is 11.1 Å². The van der Waals surface area contributed by atoms with Gasteiger partial charge in [0, 0.05) is 18.7 Å². The van der Waals surface area contributed by atoms with Crippen LogP contribution in [0.3, 0.4) is 0 Å². The standard InChI is InChI=1S/C6H8ClN3O2S/c1-10-6(13-3-2-7)8-4(11)5(12)9-10/h2-3H2,1H3,(H,9,12). The molecule has 1 N–H and O–H groups in total. The number of aromatic nitrogens is 3. The van der Waals surface area contributed by atoms with Crippen LogP contribution in [-0.4, -0.2) is 26.4 Å². The Morgan fingerprint density at radius 3 is 2.92 bits per heavy atom. The van der Waals surface area contributed by atoms with Crippen LogP contribution >= 0.6 is 23.4 Å². The maximum atomic E-state index is 10.8. The van der Waals surface area contributed by atoms with Crippen LogP contribution < -0.4 is 11.1 Å². The van der Waals surface area contributed by atoms with Gasteiger partial charge in [0.25, 0.3) is 0 Å². The van der Waals surface area contributed by atoms with Crippen LogP contribution in [0.4, 0.5) is 0 Å². The number of aryl methyl sites for hydroxylation is 1. The van der Waals surface area contributed by atoms with Gasteiger partial charge in [-0.05, 0) is 0 Å². The monoisotopic (exact) mass is 221 g/mol. The summed E-state index contributed by atoms with van der Waals surface area (Å²) in [6.07, 6.45) is 0. The van der Waals surface area contributed by atoms with Gasteiger partial charge in [-0.3, -0.25) is 19.4 Å². The Balaban J connectivity index is 3.02. The Labute approximate surface area is 83.1 Å². The lowest BCUT2D eigenvalue weighted by Gasteiger charge is -2.03. The SMILES string of the molecule is Cn1[nH]c(=O)c(=O)nc1SCCCl. The van der Waals surface area contributed by atoms with Gasteiger partial charge < -0.3 is 0 Å². The molecular formula is C6H8ClN3O2S. The first-order valence-corrected chi connectivity index (χ1v) is 5.03. The van der Waals surface area contributed by atoms with Crippen LogP contribution in [-0.2, 0) is 7.05 Å². The first kappa shape index (κ1) is 10.3. The van der Waals surface area contributed by atoms with Crippen LogP contribution in [0.15, 0.2) is 14.7 Å². The molecule has 0 aliphatic rings. The highest BCUT2D eigenvalue weighted by atomic mass is 35.5. The summed E-state index contributed by atoms with van der Waals surface area (Å²) in [6, 6.07) is 0. The number of nitrogens with one attached hydrogen (secondary N) is 1. The van der Waals surface area contributed by atoms with Gasteiger partial charge in [0.15, 0.2) is 5.16 Å². The van der Waals surface area contributed by atoms with Crippen molar-refractivity contribution in [3.63, 3.8) is 0 Å². The van der Waals surface area contributed by atoms with Gasteiger partial charge in [-0.2, -0.15) is 4.98 Å². The fourth-order valence-electron chi connectivity index (χ4n) is 0.720. The van der Waals surface area contributed by atoms with E-state index in [1.165, 1.54) is 16.4 Å². The first-order valence-electron chi connectivity index (χ1n) is 3.51. The number of halogens is 1. The van der Waals surface area contributed by atoms with Crippen LogP contribution in [0.1, 0.15) is 0 Å². The largest absolute Gasteiger partial charge is 0.339 e. The van der Waals surface area contributed by atoms with E-state index >= 15 is 0 Å². The summed E-state index contributed by atoms with van der Waals surface area (Å²) in [6.45, 7) is 0. The van der Waals surface area contributed by atoms with Crippen LogP contribution in [0.25, 0.3) is 0 Å². The van der Waals surface area contributed by atoms with E-state index in [2.05, 4.69) is 10.1 Å². The summed E-state index contributed by atoms with van der Waals surface area (Å²) < 4.78 is 1.40. The summed E-state index contributed by atoms with van der Waals surface area (Å²) in [5.41, 5.74) is -1.48. The van der Waals surface area contributed by atoms with Crippen molar-refractivity contribution < 1.29 is 0 Å². The zero-order valence-electron chi connectivity index (χ0n) is 6.91. The topological polar surface area (TPSA) is 67.8 Å². The molecule has 1 aromatic rings. The minimum atomic E-state index is -0.768. The molecule has 7 heteroatoms. The second kappa shape index (κ2) is 4.48. The van der Waals surface area contributed by atoms with Crippen LogP contribution in [0.5, 0.6) is 0 Å². The fourth-order valence-corrected chi connectivity index (χ4v) is 1.60. The number of aromatic amines is 1. The lowest BCUT2D eigenvalue weighted by atomic mass is 10.8. The summed E-state index contributed by atoms with van der Waals surface area (Å²) >= 11 is 6.79. The van der Waals surface area contributed by atoms with E-state index in [1.54, 1.807) is 7.05 Å². The Bertz CT molecular complexity index is 400. The van der Waals surface area contributed by atoms with E-state index in [4.69, 9.17) is 11.6 Å². The number of alkyl halides is 1. The highest BCUT2D eigenvalue weighted by Crippen LogP contribution is 2.10. The van der Waals surface area contributed by atoms with Gasteiger partial charge in [0.2, 0.25) is 0 Å². The molecule has 1 heterocycles. The molecule has 0 amide bonds. The lowest BCUT2D eigenvalue weighted by Crippen LogP contribution is -2.33. The van der Waals surface area contributed by atoms with E-state index in [9.17, 15) is 9.59 Å². The van der Waals surface area contributed by atoms with Gasteiger partial charge in [0.05, 0.1) is 0 Å². The maximum Gasteiger partial charge on any atom is 0.339 e.